The Labute approximate surface area is 110 Å². The molecular formula is C13H24N2OS. The van der Waals surface area contributed by atoms with E-state index in [4.69, 9.17) is 22.7 Å². The highest BCUT2D eigenvalue weighted by Crippen LogP contribution is 2.49. The van der Waals surface area contributed by atoms with Crippen LogP contribution >= 0.6 is 12.2 Å². The highest BCUT2D eigenvalue weighted by molar-refractivity contribution is 7.80. The fourth-order valence-corrected chi connectivity index (χ4v) is 3.10. The van der Waals surface area contributed by atoms with Crippen LogP contribution in [0, 0.1) is 5.41 Å². The predicted molar refractivity (Wildman–Crippen MR) is 74.2 cm³/mol. The molecule has 1 heterocycles. The van der Waals surface area contributed by atoms with Crippen LogP contribution in [0.25, 0.3) is 0 Å². The van der Waals surface area contributed by atoms with Gasteiger partial charge in [-0.05, 0) is 37.6 Å². The molecule has 2 rings (SSSR count). The number of hydrogen-bond donors (Lipinski definition) is 1. The number of nitrogens with zero attached hydrogens (tertiary/aromatic N) is 1. The minimum atomic E-state index is 0.403. The first kappa shape index (κ1) is 13.2. The molecule has 1 atom stereocenters. The van der Waals surface area contributed by atoms with Crippen molar-refractivity contribution >= 4 is 17.2 Å². The van der Waals surface area contributed by atoms with Gasteiger partial charge >= 0.3 is 0 Å². The molecule has 2 N–H and O–H groups in total. The lowest BCUT2D eigenvalue weighted by molar-refractivity contribution is 0.0681. The first-order chi connectivity index (χ1) is 8.13. The molecule has 0 radical (unpaired) electrons. The largest absolute Gasteiger partial charge is 0.393 e. The fraction of sp³-hybridized carbons (Fsp3) is 0.923. The summed E-state index contributed by atoms with van der Waals surface area (Å²) in [5, 5.41) is 0. The van der Waals surface area contributed by atoms with Crippen molar-refractivity contribution < 1.29 is 4.74 Å². The SMILES string of the molecule is CCN(CC1CCCO1)CC1(CC(N)=S)CC1. The van der Waals surface area contributed by atoms with Gasteiger partial charge in [-0.3, -0.25) is 0 Å². The quantitative estimate of drug-likeness (QED) is 0.707. The van der Waals surface area contributed by atoms with E-state index in [9.17, 15) is 0 Å². The molecule has 0 aromatic heterocycles. The smallest absolute Gasteiger partial charge is 0.0733 e. The summed E-state index contributed by atoms with van der Waals surface area (Å²) in [5.41, 5.74) is 6.09. The van der Waals surface area contributed by atoms with Crippen LogP contribution in [0.15, 0.2) is 0 Å². The second kappa shape index (κ2) is 5.63. The number of ether oxygens (including phenoxy) is 1. The Morgan fingerprint density at radius 3 is 2.76 bits per heavy atom. The average Bonchev–Trinajstić information content (AvgIpc) is 2.81. The van der Waals surface area contributed by atoms with E-state index in [2.05, 4.69) is 11.8 Å². The van der Waals surface area contributed by atoms with Crippen LogP contribution in [-0.4, -0.2) is 42.2 Å². The van der Waals surface area contributed by atoms with E-state index in [1.807, 2.05) is 0 Å². The zero-order valence-electron chi connectivity index (χ0n) is 10.8. The van der Waals surface area contributed by atoms with Gasteiger partial charge in [0.15, 0.2) is 0 Å². The molecule has 2 aliphatic rings. The Kier molecular flexibility index (Phi) is 4.39. The van der Waals surface area contributed by atoms with Crippen LogP contribution in [0.3, 0.4) is 0 Å². The Bertz CT molecular complexity index is 273. The summed E-state index contributed by atoms with van der Waals surface area (Å²) in [5.74, 6) is 0. The van der Waals surface area contributed by atoms with E-state index in [-0.39, 0.29) is 0 Å². The van der Waals surface area contributed by atoms with Gasteiger partial charge in [0.2, 0.25) is 0 Å². The van der Waals surface area contributed by atoms with Crippen molar-refractivity contribution in [2.24, 2.45) is 11.1 Å². The zero-order chi connectivity index (χ0) is 12.3. The molecule has 98 valence electrons. The van der Waals surface area contributed by atoms with Crippen molar-refractivity contribution in [3.63, 3.8) is 0 Å². The predicted octanol–water partition coefficient (Wildman–Crippen LogP) is 1.94. The van der Waals surface area contributed by atoms with Crippen molar-refractivity contribution in [1.82, 2.24) is 4.90 Å². The first-order valence-corrected chi connectivity index (χ1v) is 7.17. The average molecular weight is 256 g/mol. The molecule has 1 aliphatic heterocycles. The summed E-state index contributed by atoms with van der Waals surface area (Å²) in [6.45, 7) is 6.49. The zero-order valence-corrected chi connectivity index (χ0v) is 11.6. The van der Waals surface area contributed by atoms with Gasteiger partial charge in [0.25, 0.3) is 0 Å². The molecule has 17 heavy (non-hydrogen) atoms. The molecule has 1 aliphatic carbocycles. The number of rotatable bonds is 7. The maximum atomic E-state index is 5.71. The fourth-order valence-electron chi connectivity index (χ4n) is 2.79. The molecule has 0 aromatic rings. The van der Waals surface area contributed by atoms with Gasteiger partial charge in [-0.2, -0.15) is 0 Å². The third kappa shape index (κ3) is 3.90. The molecule has 1 saturated carbocycles. The van der Waals surface area contributed by atoms with E-state index in [1.165, 1.54) is 25.7 Å². The lowest BCUT2D eigenvalue weighted by atomic mass is 10.0. The Balaban J connectivity index is 1.80. The summed E-state index contributed by atoms with van der Waals surface area (Å²) < 4.78 is 5.71. The number of likely N-dealkylation sites (N-methyl/N-ethyl adjacent to an activating group) is 1. The van der Waals surface area contributed by atoms with Gasteiger partial charge in [0.1, 0.15) is 0 Å². The summed E-state index contributed by atoms with van der Waals surface area (Å²) in [4.78, 5) is 3.19. The Morgan fingerprint density at radius 1 is 1.53 bits per heavy atom. The van der Waals surface area contributed by atoms with Gasteiger partial charge in [-0.25, -0.2) is 0 Å². The topological polar surface area (TPSA) is 38.5 Å². The van der Waals surface area contributed by atoms with E-state index < -0.39 is 0 Å². The molecule has 2 fully saturated rings. The van der Waals surface area contributed by atoms with Crippen molar-refractivity contribution in [1.29, 1.82) is 0 Å². The maximum Gasteiger partial charge on any atom is 0.0733 e. The molecule has 0 bridgehead atoms. The Hall–Kier alpha value is -0.190. The molecule has 0 spiro atoms. The summed E-state index contributed by atoms with van der Waals surface area (Å²) in [6, 6.07) is 0. The van der Waals surface area contributed by atoms with Gasteiger partial charge in [0.05, 0.1) is 11.1 Å². The van der Waals surface area contributed by atoms with Crippen LogP contribution in [-0.2, 0) is 4.74 Å². The van der Waals surface area contributed by atoms with E-state index in [0.29, 0.717) is 16.5 Å². The van der Waals surface area contributed by atoms with E-state index in [1.54, 1.807) is 0 Å². The van der Waals surface area contributed by atoms with Crippen LogP contribution in [0.4, 0.5) is 0 Å². The standard InChI is InChI=1S/C13H24N2OS/c1-2-15(9-11-4-3-7-16-11)10-13(5-6-13)8-12(14)17/h11H,2-10H2,1H3,(H2,14,17). The minimum absolute atomic E-state index is 0.403. The van der Waals surface area contributed by atoms with Crippen LogP contribution in [0.5, 0.6) is 0 Å². The molecule has 1 unspecified atom stereocenters. The first-order valence-electron chi connectivity index (χ1n) is 6.76. The van der Waals surface area contributed by atoms with Crippen molar-refractivity contribution in [2.75, 3.05) is 26.2 Å². The second-order valence-corrected chi connectivity index (χ2v) is 6.13. The molecule has 1 saturated heterocycles. The summed E-state index contributed by atoms with van der Waals surface area (Å²) >= 11 is 5.05. The number of thiocarbonyl (C=S) groups is 1. The summed E-state index contributed by atoms with van der Waals surface area (Å²) in [6.07, 6.45) is 6.39. The van der Waals surface area contributed by atoms with Crippen molar-refractivity contribution in [3.05, 3.63) is 0 Å². The van der Waals surface area contributed by atoms with E-state index >= 15 is 0 Å². The molecule has 3 nitrogen and oxygen atoms in total. The van der Waals surface area contributed by atoms with Crippen LogP contribution in [0.1, 0.15) is 39.0 Å². The lowest BCUT2D eigenvalue weighted by Crippen LogP contribution is -2.37. The normalized spacial score (nSPS) is 26.4. The third-order valence-corrected chi connectivity index (χ3v) is 4.14. The van der Waals surface area contributed by atoms with E-state index in [0.717, 1.165) is 32.7 Å². The number of nitrogens with two attached hydrogens (primary N) is 1. The second-order valence-electron chi connectivity index (χ2n) is 5.61. The molecule has 4 heteroatoms. The van der Waals surface area contributed by atoms with Crippen LogP contribution < -0.4 is 5.73 Å². The minimum Gasteiger partial charge on any atom is -0.393 e. The van der Waals surface area contributed by atoms with Gasteiger partial charge in [-0.15, -0.1) is 0 Å². The highest BCUT2D eigenvalue weighted by atomic mass is 32.1. The van der Waals surface area contributed by atoms with Crippen molar-refractivity contribution in [3.8, 4) is 0 Å². The monoisotopic (exact) mass is 256 g/mol. The maximum absolute atomic E-state index is 5.71. The molecular weight excluding hydrogens is 232 g/mol. The summed E-state index contributed by atoms with van der Waals surface area (Å²) in [7, 11) is 0. The van der Waals surface area contributed by atoms with Crippen LogP contribution in [0.2, 0.25) is 0 Å². The molecule has 0 aromatic carbocycles. The third-order valence-electron chi connectivity index (χ3n) is 4.00. The highest BCUT2D eigenvalue weighted by Gasteiger charge is 2.44. The molecule has 0 amide bonds. The van der Waals surface area contributed by atoms with Gasteiger partial charge < -0.3 is 15.4 Å². The van der Waals surface area contributed by atoms with Gasteiger partial charge in [0, 0.05) is 26.1 Å². The Morgan fingerprint density at radius 2 is 2.29 bits per heavy atom. The van der Waals surface area contributed by atoms with Gasteiger partial charge in [-0.1, -0.05) is 19.1 Å². The number of hydrogen-bond acceptors (Lipinski definition) is 3. The van der Waals surface area contributed by atoms with Crippen molar-refractivity contribution in [2.45, 2.75) is 45.1 Å². The lowest BCUT2D eigenvalue weighted by Gasteiger charge is -2.28.